The zero-order chi connectivity index (χ0) is 9.26. The molecule has 2 aromatic rings. The number of pyridine rings is 1. The molecule has 0 spiro atoms. The summed E-state index contributed by atoms with van der Waals surface area (Å²) in [6, 6.07) is 5.56. The third-order valence-electron chi connectivity index (χ3n) is 1.73. The lowest BCUT2D eigenvalue weighted by Gasteiger charge is -2.04. The molecule has 0 fully saturated rings. The van der Waals surface area contributed by atoms with Gasteiger partial charge in [-0.3, -0.25) is 9.20 Å². The summed E-state index contributed by atoms with van der Waals surface area (Å²) in [4.78, 5) is 14.9. The van der Waals surface area contributed by atoms with Crippen LogP contribution in [0.5, 0.6) is 0 Å². The van der Waals surface area contributed by atoms with Gasteiger partial charge in [-0.2, -0.15) is 0 Å². The Morgan fingerprint density at radius 3 is 3.15 bits per heavy atom. The molecule has 2 rings (SSSR count). The summed E-state index contributed by atoms with van der Waals surface area (Å²) in [5.74, 6) is 0.656. The highest BCUT2D eigenvalue weighted by atomic mass is 16.1. The lowest BCUT2D eigenvalue weighted by Crippen LogP contribution is -2.08. The fourth-order valence-corrected chi connectivity index (χ4v) is 1.23. The monoisotopic (exact) mass is 175 g/mol. The smallest absolute Gasteiger partial charge is 0.222 e. The van der Waals surface area contributed by atoms with E-state index in [9.17, 15) is 4.79 Å². The summed E-state index contributed by atoms with van der Waals surface area (Å²) in [6.07, 6.45) is 3.50. The highest BCUT2D eigenvalue weighted by Gasteiger charge is 2.00. The van der Waals surface area contributed by atoms with Crippen molar-refractivity contribution in [3.05, 3.63) is 30.6 Å². The number of imidazole rings is 1. The van der Waals surface area contributed by atoms with Crippen LogP contribution in [0.25, 0.3) is 5.65 Å². The summed E-state index contributed by atoms with van der Waals surface area (Å²) in [5.41, 5.74) is 0.825. The molecule has 0 saturated heterocycles. The summed E-state index contributed by atoms with van der Waals surface area (Å²) < 4.78 is 1.82. The first kappa shape index (κ1) is 7.79. The minimum absolute atomic E-state index is 0.0822. The van der Waals surface area contributed by atoms with Crippen LogP contribution in [0.3, 0.4) is 0 Å². The summed E-state index contributed by atoms with van der Waals surface area (Å²) in [7, 11) is 0. The van der Waals surface area contributed by atoms with Crippen molar-refractivity contribution in [2.75, 3.05) is 5.32 Å². The van der Waals surface area contributed by atoms with Crippen molar-refractivity contribution in [2.24, 2.45) is 0 Å². The molecule has 2 aromatic heterocycles. The fourth-order valence-electron chi connectivity index (χ4n) is 1.23. The number of anilines is 1. The number of hydrogen-bond donors (Lipinski definition) is 1. The Bertz CT molecular complexity index is 447. The van der Waals surface area contributed by atoms with Gasteiger partial charge in [-0.1, -0.05) is 6.07 Å². The first-order valence-electron chi connectivity index (χ1n) is 3.97. The Morgan fingerprint density at radius 1 is 1.54 bits per heavy atom. The van der Waals surface area contributed by atoms with E-state index < -0.39 is 0 Å². The lowest BCUT2D eigenvalue weighted by molar-refractivity contribution is -0.114. The molecule has 13 heavy (non-hydrogen) atoms. The van der Waals surface area contributed by atoms with E-state index in [1.54, 1.807) is 12.4 Å². The number of hydrogen-bond acceptors (Lipinski definition) is 2. The molecule has 0 aromatic carbocycles. The standard InChI is InChI=1S/C9H9N3O/c1-7(13)11-9-4-2-3-8-10-5-6-12(8)9/h2-6H,1H3,(H,11,13). The van der Waals surface area contributed by atoms with Crippen LogP contribution in [-0.4, -0.2) is 15.3 Å². The third kappa shape index (κ3) is 1.38. The molecule has 0 atom stereocenters. The van der Waals surface area contributed by atoms with Gasteiger partial charge in [0.25, 0.3) is 0 Å². The molecule has 1 N–H and O–H groups in total. The quantitative estimate of drug-likeness (QED) is 0.709. The molecule has 4 nitrogen and oxygen atoms in total. The van der Waals surface area contributed by atoms with Crippen LogP contribution in [0.2, 0.25) is 0 Å². The third-order valence-corrected chi connectivity index (χ3v) is 1.73. The molecular weight excluding hydrogens is 166 g/mol. The highest BCUT2D eigenvalue weighted by Crippen LogP contribution is 2.10. The molecule has 0 aliphatic heterocycles. The van der Waals surface area contributed by atoms with Gasteiger partial charge >= 0.3 is 0 Å². The number of carbonyl (C=O) groups is 1. The van der Waals surface area contributed by atoms with Crippen LogP contribution < -0.4 is 5.32 Å². The van der Waals surface area contributed by atoms with Gasteiger partial charge < -0.3 is 5.32 Å². The Kier molecular flexibility index (Phi) is 1.73. The number of nitrogens with zero attached hydrogens (tertiary/aromatic N) is 2. The minimum atomic E-state index is -0.0822. The highest BCUT2D eigenvalue weighted by molar-refractivity contribution is 5.88. The number of amides is 1. The first-order valence-corrected chi connectivity index (χ1v) is 3.97. The van der Waals surface area contributed by atoms with Crippen LogP contribution in [0.4, 0.5) is 5.82 Å². The molecule has 0 unspecified atom stereocenters. The normalized spacial score (nSPS) is 10.2. The number of rotatable bonds is 1. The van der Waals surface area contributed by atoms with E-state index >= 15 is 0 Å². The van der Waals surface area contributed by atoms with Gasteiger partial charge in [0.2, 0.25) is 5.91 Å². The van der Waals surface area contributed by atoms with Crippen molar-refractivity contribution in [3.8, 4) is 0 Å². The van der Waals surface area contributed by atoms with Gasteiger partial charge in [0.15, 0.2) is 0 Å². The molecule has 0 aliphatic carbocycles. The van der Waals surface area contributed by atoms with Crippen molar-refractivity contribution in [1.29, 1.82) is 0 Å². The van der Waals surface area contributed by atoms with E-state index in [0.717, 1.165) is 11.5 Å². The molecule has 2 heterocycles. The van der Waals surface area contributed by atoms with Gasteiger partial charge in [-0.25, -0.2) is 4.98 Å². The molecule has 66 valence electrons. The average Bonchev–Trinajstić information content (AvgIpc) is 2.51. The van der Waals surface area contributed by atoms with Crippen molar-refractivity contribution < 1.29 is 4.79 Å². The fraction of sp³-hybridized carbons (Fsp3) is 0.111. The second kappa shape index (κ2) is 2.90. The second-order valence-electron chi connectivity index (χ2n) is 2.75. The Labute approximate surface area is 75.2 Å². The van der Waals surface area contributed by atoms with Crippen molar-refractivity contribution >= 4 is 17.4 Å². The van der Waals surface area contributed by atoms with Crippen LogP contribution >= 0.6 is 0 Å². The topological polar surface area (TPSA) is 46.4 Å². The van der Waals surface area contributed by atoms with Gasteiger partial charge in [-0.15, -0.1) is 0 Å². The van der Waals surface area contributed by atoms with E-state index in [2.05, 4.69) is 10.3 Å². The maximum Gasteiger partial charge on any atom is 0.222 e. The van der Waals surface area contributed by atoms with E-state index in [1.807, 2.05) is 22.6 Å². The molecule has 0 aliphatic rings. The molecule has 0 radical (unpaired) electrons. The molecule has 0 saturated carbocycles. The number of aromatic nitrogens is 2. The first-order chi connectivity index (χ1) is 6.27. The van der Waals surface area contributed by atoms with Gasteiger partial charge in [0.05, 0.1) is 0 Å². The van der Waals surface area contributed by atoms with Crippen molar-refractivity contribution in [1.82, 2.24) is 9.38 Å². The van der Waals surface area contributed by atoms with Gasteiger partial charge in [-0.05, 0) is 12.1 Å². The zero-order valence-corrected chi connectivity index (χ0v) is 7.19. The predicted octanol–water partition coefficient (Wildman–Crippen LogP) is 1.29. The van der Waals surface area contributed by atoms with Crippen LogP contribution in [0.15, 0.2) is 30.6 Å². The summed E-state index contributed by atoms with van der Waals surface area (Å²) in [5, 5.41) is 2.72. The van der Waals surface area contributed by atoms with Crippen LogP contribution in [0, 0.1) is 0 Å². The second-order valence-corrected chi connectivity index (χ2v) is 2.75. The summed E-state index contributed by atoms with van der Waals surface area (Å²) >= 11 is 0. The maximum absolute atomic E-state index is 10.8. The average molecular weight is 175 g/mol. The number of carbonyl (C=O) groups excluding carboxylic acids is 1. The maximum atomic E-state index is 10.8. The summed E-state index contributed by atoms with van der Waals surface area (Å²) in [6.45, 7) is 1.48. The molecule has 1 amide bonds. The van der Waals surface area contributed by atoms with E-state index in [4.69, 9.17) is 0 Å². The molecular formula is C9H9N3O. The molecule has 4 heteroatoms. The van der Waals surface area contributed by atoms with Gasteiger partial charge in [0, 0.05) is 19.3 Å². The number of nitrogens with one attached hydrogen (secondary N) is 1. The van der Waals surface area contributed by atoms with E-state index in [0.29, 0.717) is 0 Å². The Balaban J connectivity index is 2.54. The molecule has 0 bridgehead atoms. The van der Waals surface area contributed by atoms with Crippen molar-refractivity contribution in [3.63, 3.8) is 0 Å². The lowest BCUT2D eigenvalue weighted by atomic mass is 10.4. The minimum Gasteiger partial charge on any atom is -0.312 e. The SMILES string of the molecule is CC(=O)Nc1cccc2nccn12. The van der Waals surface area contributed by atoms with Gasteiger partial charge in [0.1, 0.15) is 11.5 Å². The Morgan fingerprint density at radius 2 is 2.38 bits per heavy atom. The zero-order valence-electron chi connectivity index (χ0n) is 7.19. The van der Waals surface area contributed by atoms with E-state index in [-0.39, 0.29) is 5.91 Å². The number of fused-ring (bicyclic) bond motifs is 1. The largest absolute Gasteiger partial charge is 0.312 e. The van der Waals surface area contributed by atoms with Crippen LogP contribution in [-0.2, 0) is 4.79 Å². The van der Waals surface area contributed by atoms with Crippen LogP contribution in [0.1, 0.15) is 6.92 Å². The van der Waals surface area contributed by atoms with E-state index in [1.165, 1.54) is 6.92 Å². The predicted molar refractivity (Wildman–Crippen MR) is 49.5 cm³/mol. The Hall–Kier alpha value is -1.84. The van der Waals surface area contributed by atoms with Crippen molar-refractivity contribution in [2.45, 2.75) is 6.92 Å².